The Bertz CT molecular complexity index is 961. The van der Waals surface area contributed by atoms with Crippen molar-refractivity contribution in [3.63, 3.8) is 0 Å². The van der Waals surface area contributed by atoms with Gasteiger partial charge in [0.15, 0.2) is 0 Å². The first kappa shape index (κ1) is 18.6. The Balaban J connectivity index is 1.77. The Morgan fingerprint density at radius 3 is 2.46 bits per heavy atom. The Hall–Kier alpha value is -2.75. The molecule has 2 nitrogen and oxygen atoms in total. The highest BCUT2D eigenvalue weighted by Gasteiger charge is 2.46. The number of fused-ring (bicyclic) bond motifs is 1. The van der Waals surface area contributed by atoms with Gasteiger partial charge in [-0.1, -0.05) is 48.5 Å². The van der Waals surface area contributed by atoms with Crippen LogP contribution in [-0.4, -0.2) is 18.8 Å². The first-order valence-corrected chi connectivity index (χ1v) is 9.70. The lowest BCUT2D eigenvalue weighted by Gasteiger charge is -2.29. The molecule has 1 heterocycles. The molecule has 0 amide bonds. The highest BCUT2D eigenvalue weighted by molar-refractivity contribution is 6.09. The summed E-state index contributed by atoms with van der Waals surface area (Å²) in [6, 6.07) is 15.5. The van der Waals surface area contributed by atoms with Crippen LogP contribution in [0.5, 0.6) is 0 Å². The third-order valence-corrected chi connectivity index (χ3v) is 5.86. The lowest BCUT2D eigenvalue weighted by Crippen LogP contribution is -2.35. The maximum absolute atomic E-state index is 14.4. The molecule has 0 saturated carbocycles. The van der Waals surface area contributed by atoms with Gasteiger partial charge in [-0.15, -0.1) is 0 Å². The van der Waals surface area contributed by atoms with Crippen molar-refractivity contribution in [3.8, 4) is 0 Å². The topological polar surface area (TPSA) is 24.4 Å². The molecule has 0 fully saturated rings. The molecule has 1 N–H and O–H groups in total. The Labute approximate surface area is 164 Å². The van der Waals surface area contributed by atoms with E-state index >= 15 is 0 Å². The van der Waals surface area contributed by atoms with Crippen molar-refractivity contribution in [1.29, 1.82) is 0 Å². The van der Waals surface area contributed by atoms with Crippen molar-refractivity contribution < 1.29 is 8.78 Å². The zero-order valence-corrected chi connectivity index (χ0v) is 16.2. The van der Waals surface area contributed by atoms with E-state index in [-0.39, 0.29) is 0 Å². The number of alkyl halides is 2. The van der Waals surface area contributed by atoms with Gasteiger partial charge in [-0.25, -0.2) is 8.78 Å². The molecule has 0 atom stereocenters. The van der Waals surface area contributed by atoms with Gasteiger partial charge in [0.05, 0.1) is 5.41 Å². The van der Waals surface area contributed by atoms with Gasteiger partial charge in [-0.2, -0.15) is 0 Å². The van der Waals surface area contributed by atoms with Crippen molar-refractivity contribution >= 4 is 11.4 Å². The number of hydrogen-bond acceptors (Lipinski definition) is 1. The van der Waals surface area contributed by atoms with Crippen molar-refractivity contribution in [2.75, 3.05) is 6.54 Å². The fraction of sp³-hybridized carbons (Fsp3) is 0.292. The van der Waals surface area contributed by atoms with Crippen LogP contribution in [-0.2, 0) is 18.3 Å². The molecule has 0 bridgehead atoms. The number of rotatable bonds is 4. The van der Waals surface area contributed by atoms with Gasteiger partial charge in [0.25, 0.3) is 0 Å². The second-order valence-electron chi connectivity index (χ2n) is 7.50. The summed E-state index contributed by atoms with van der Waals surface area (Å²) in [5, 5.41) is 3.16. The van der Waals surface area contributed by atoms with E-state index in [1.54, 1.807) is 0 Å². The average Bonchev–Trinajstić information content (AvgIpc) is 3.33. The molecule has 4 heteroatoms. The summed E-state index contributed by atoms with van der Waals surface area (Å²) in [5.74, 6) is 0.835. The van der Waals surface area contributed by atoms with Crippen LogP contribution >= 0.6 is 0 Å². The van der Waals surface area contributed by atoms with E-state index in [1.807, 2.05) is 74.7 Å². The second kappa shape index (κ2) is 7.34. The molecule has 2 aromatic carbocycles. The van der Waals surface area contributed by atoms with Crippen LogP contribution in [0.25, 0.3) is 5.57 Å². The molecule has 1 aliphatic heterocycles. The first-order valence-electron chi connectivity index (χ1n) is 9.70. The quantitative estimate of drug-likeness (QED) is 0.767. The van der Waals surface area contributed by atoms with Crippen LogP contribution < -0.4 is 5.32 Å². The zero-order valence-electron chi connectivity index (χ0n) is 16.2. The molecule has 0 radical (unpaired) electrons. The number of benzene rings is 2. The molecule has 0 aromatic heterocycles. The lowest BCUT2D eigenvalue weighted by molar-refractivity contribution is 0.0541. The number of nitrogens with zero attached hydrogens (tertiary/aromatic N) is 1. The molecule has 0 unspecified atom stereocenters. The number of halogens is 2. The molecule has 4 rings (SSSR count). The van der Waals surface area contributed by atoms with E-state index in [9.17, 15) is 8.78 Å². The summed E-state index contributed by atoms with van der Waals surface area (Å²) in [6.07, 6.45) is 2.19. The zero-order chi connectivity index (χ0) is 19.7. The van der Waals surface area contributed by atoms with Crippen LogP contribution in [0.3, 0.4) is 0 Å². The van der Waals surface area contributed by atoms with Gasteiger partial charge < -0.3 is 5.32 Å². The van der Waals surface area contributed by atoms with Crippen LogP contribution in [0, 0.1) is 0 Å². The second-order valence-corrected chi connectivity index (χ2v) is 7.50. The normalized spacial score (nSPS) is 20.5. The summed E-state index contributed by atoms with van der Waals surface area (Å²) in [4.78, 5) is 4.49. The molecule has 28 heavy (non-hydrogen) atoms. The van der Waals surface area contributed by atoms with E-state index in [2.05, 4.69) is 10.3 Å². The number of nitrogens with one attached hydrogen (secondary N) is 1. The average molecular weight is 378 g/mol. The molecule has 1 aliphatic carbocycles. The Morgan fingerprint density at radius 2 is 1.82 bits per heavy atom. The van der Waals surface area contributed by atoms with Crippen molar-refractivity contribution in [2.24, 2.45) is 4.99 Å². The first-order chi connectivity index (χ1) is 13.5. The van der Waals surface area contributed by atoms with Gasteiger partial charge in [0, 0.05) is 18.3 Å². The predicted octanol–water partition coefficient (Wildman–Crippen LogP) is 5.30. The highest BCUT2D eigenvalue weighted by atomic mass is 19.3. The van der Waals surface area contributed by atoms with Gasteiger partial charge >= 0.3 is 0 Å². The Morgan fingerprint density at radius 1 is 1.11 bits per heavy atom. The van der Waals surface area contributed by atoms with E-state index < -0.39 is 11.8 Å². The van der Waals surface area contributed by atoms with Gasteiger partial charge in [0.2, 0.25) is 6.43 Å². The van der Waals surface area contributed by atoms with Crippen molar-refractivity contribution in [1.82, 2.24) is 5.32 Å². The fourth-order valence-corrected chi connectivity index (χ4v) is 4.30. The van der Waals surface area contributed by atoms with Crippen LogP contribution in [0.2, 0.25) is 0 Å². The van der Waals surface area contributed by atoms with Gasteiger partial charge in [-0.05, 0) is 60.6 Å². The number of hydrogen-bond donors (Lipinski definition) is 1. The molecule has 2 aromatic rings. The SMILES string of the molecule is CCN=C1NC=C/C1=C(/C)c1cccc(C2(C(F)F)Cc3ccccc3C2)c1. The lowest BCUT2D eigenvalue weighted by atomic mass is 9.77. The molecule has 0 saturated heterocycles. The Kier molecular flexibility index (Phi) is 4.88. The largest absolute Gasteiger partial charge is 0.346 e. The predicted molar refractivity (Wildman–Crippen MR) is 111 cm³/mol. The summed E-state index contributed by atoms with van der Waals surface area (Å²) in [6.45, 7) is 4.70. The van der Waals surface area contributed by atoms with E-state index in [4.69, 9.17) is 0 Å². The van der Waals surface area contributed by atoms with Crippen molar-refractivity contribution in [3.05, 3.63) is 88.6 Å². The number of allylic oxidation sites excluding steroid dienone is 1. The maximum atomic E-state index is 14.4. The molecule has 2 aliphatic rings. The summed E-state index contributed by atoms with van der Waals surface area (Å²) in [7, 11) is 0. The summed E-state index contributed by atoms with van der Waals surface area (Å²) < 4.78 is 28.8. The van der Waals surface area contributed by atoms with Gasteiger partial charge in [-0.3, -0.25) is 4.99 Å². The third-order valence-electron chi connectivity index (χ3n) is 5.86. The molecule has 0 spiro atoms. The number of amidine groups is 1. The van der Waals surface area contributed by atoms with Crippen LogP contribution in [0.15, 0.2) is 71.4 Å². The highest BCUT2D eigenvalue weighted by Crippen LogP contribution is 2.44. The minimum absolute atomic E-state index is 0.379. The molecule has 144 valence electrons. The van der Waals surface area contributed by atoms with Crippen LogP contribution in [0.1, 0.15) is 36.1 Å². The molecular formula is C24H24F2N2. The standard InChI is InChI=1S/C24H24F2N2/c1-3-27-22-21(11-12-28-22)16(2)17-9-6-10-20(13-17)24(23(25)26)14-18-7-4-5-8-19(18)15-24/h4-13,23H,3,14-15H2,1-2H3,(H,27,28)/b21-16+. The van der Waals surface area contributed by atoms with E-state index in [0.717, 1.165) is 33.7 Å². The minimum atomic E-state index is -2.42. The van der Waals surface area contributed by atoms with E-state index in [0.29, 0.717) is 24.9 Å². The van der Waals surface area contributed by atoms with Crippen LogP contribution in [0.4, 0.5) is 8.78 Å². The number of aliphatic imine (C=N–C) groups is 1. The fourth-order valence-electron chi connectivity index (χ4n) is 4.30. The summed E-state index contributed by atoms with van der Waals surface area (Å²) >= 11 is 0. The maximum Gasteiger partial charge on any atom is 0.248 e. The monoisotopic (exact) mass is 378 g/mol. The minimum Gasteiger partial charge on any atom is -0.346 e. The third kappa shape index (κ3) is 3.07. The van der Waals surface area contributed by atoms with Gasteiger partial charge in [0.1, 0.15) is 5.84 Å². The molecular weight excluding hydrogens is 354 g/mol. The van der Waals surface area contributed by atoms with E-state index in [1.165, 1.54) is 0 Å². The summed E-state index contributed by atoms with van der Waals surface area (Å²) in [5.41, 5.74) is 4.62. The smallest absolute Gasteiger partial charge is 0.248 e. The van der Waals surface area contributed by atoms with Crippen molar-refractivity contribution in [2.45, 2.75) is 38.5 Å².